The maximum atomic E-state index is 13.2. The Labute approximate surface area is 163 Å². The lowest BCUT2D eigenvalue weighted by Gasteiger charge is -2.42. The van der Waals surface area contributed by atoms with Crippen molar-refractivity contribution in [2.75, 3.05) is 19.6 Å². The van der Waals surface area contributed by atoms with Crippen molar-refractivity contribution in [1.82, 2.24) is 9.80 Å². The molecule has 2 amide bonds. The van der Waals surface area contributed by atoms with Crippen molar-refractivity contribution in [2.24, 2.45) is 17.8 Å². The molecule has 0 N–H and O–H groups in total. The summed E-state index contributed by atoms with van der Waals surface area (Å²) >= 11 is 0. The second-order valence-corrected chi connectivity index (χ2v) is 8.78. The highest BCUT2D eigenvalue weighted by molar-refractivity contribution is 5.84. The van der Waals surface area contributed by atoms with E-state index >= 15 is 0 Å². The van der Waals surface area contributed by atoms with E-state index in [-0.39, 0.29) is 23.8 Å². The monoisotopic (exact) mass is 370 g/mol. The molecule has 27 heavy (non-hydrogen) atoms. The number of nitrogens with zero attached hydrogens (tertiary/aromatic N) is 2. The lowest BCUT2D eigenvalue weighted by Crippen LogP contribution is -2.54. The van der Waals surface area contributed by atoms with E-state index in [1.165, 1.54) is 5.56 Å². The molecule has 2 atom stereocenters. The molecule has 4 heteroatoms. The zero-order valence-electron chi connectivity index (χ0n) is 17.1. The predicted octanol–water partition coefficient (Wildman–Crippen LogP) is 3.75. The van der Waals surface area contributed by atoms with Gasteiger partial charge in [-0.3, -0.25) is 9.59 Å². The van der Waals surface area contributed by atoms with Gasteiger partial charge in [0.25, 0.3) is 0 Å². The van der Waals surface area contributed by atoms with Crippen LogP contribution in [0.2, 0.25) is 0 Å². The first-order valence-corrected chi connectivity index (χ1v) is 10.6. The van der Waals surface area contributed by atoms with Crippen LogP contribution in [0.1, 0.15) is 52.0 Å². The summed E-state index contributed by atoms with van der Waals surface area (Å²) in [4.78, 5) is 29.5. The van der Waals surface area contributed by atoms with Crippen molar-refractivity contribution < 1.29 is 9.59 Å². The first kappa shape index (κ1) is 19.9. The van der Waals surface area contributed by atoms with Crippen LogP contribution in [0.5, 0.6) is 0 Å². The van der Waals surface area contributed by atoms with Crippen LogP contribution in [0.15, 0.2) is 30.3 Å². The average Bonchev–Trinajstić information content (AvgIpc) is 2.66. The number of hydrogen-bond donors (Lipinski definition) is 0. The van der Waals surface area contributed by atoms with Gasteiger partial charge in [-0.2, -0.15) is 0 Å². The van der Waals surface area contributed by atoms with Crippen LogP contribution in [0.3, 0.4) is 0 Å². The summed E-state index contributed by atoms with van der Waals surface area (Å²) in [5, 5.41) is 0. The van der Waals surface area contributed by atoms with Crippen molar-refractivity contribution in [3.63, 3.8) is 0 Å². The standard InChI is InChI=1S/C23H34N2O2/c1-17(2)16-25-18(3)21(9-10-22(25)26)23(27)24-13-11-20(12-14-24)15-19-7-5-4-6-8-19/h4-8,17-18,20-21H,9-16H2,1-3H3/t18-,21-/m1/s1. The number of hydrogen-bond acceptors (Lipinski definition) is 2. The van der Waals surface area contributed by atoms with Gasteiger partial charge in [-0.25, -0.2) is 0 Å². The predicted molar refractivity (Wildman–Crippen MR) is 108 cm³/mol. The molecule has 2 saturated heterocycles. The van der Waals surface area contributed by atoms with Crippen molar-refractivity contribution >= 4 is 11.8 Å². The molecular weight excluding hydrogens is 336 g/mol. The molecule has 0 aromatic heterocycles. The van der Waals surface area contributed by atoms with Gasteiger partial charge in [-0.1, -0.05) is 44.2 Å². The molecule has 2 aliphatic rings. The smallest absolute Gasteiger partial charge is 0.227 e. The van der Waals surface area contributed by atoms with Crippen molar-refractivity contribution in [2.45, 2.75) is 58.9 Å². The Balaban J connectivity index is 1.54. The SMILES string of the molecule is CC(C)CN1C(=O)CC[C@@H](C(=O)N2CCC(Cc3ccccc3)CC2)[C@H]1C. The van der Waals surface area contributed by atoms with E-state index < -0.39 is 0 Å². The Morgan fingerprint density at radius 3 is 2.41 bits per heavy atom. The molecule has 1 aromatic carbocycles. The third-order valence-electron chi connectivity index (χ3n) is 6.24. The molecule has 0 saturated carbocycles. The fraction of sp³-hybridized carbons (Fsp3) is 0.652. The van der Waals surface area contributed by atoms with E-state index in [1.54, 1.807) is 0 Å². The summed E-state index contributed by atoms with van der Waals surface area (Å²) in [5.41, 5.74) is 1.39. The lowest BCUT2D eigenvalue weighted by atomic mass is 9.86. The number of likely N-dealkylation sites (tertiary alicyclic amines) is 2. The minimum absolute atomic E-state index is 0.0168. The van der Waals surface area contributed by atoms with Crippen LogP contribution >= 0.6 is 0 Å². The summed E-state index contributed by atoms with van der Waals surface area (Å²) < 4.78 is 0. The fourth-order valence-electron chi connectivity index (χ4n) is 4.64. The van der Waals surface area contributed by atoms with Gasteiger partial charge in [-0.05, 0) is 50.0 Å². The molecule has 0 unspecified atom stereocenters. The number of amides is 2. The minimum Gasteiger partial charge on any atom is -0.342 e. The van der Waals surface area contributed by atoms with Crippen LogP contribution in [-0.4, -0.2) is 47.3 Å². The number of carbonyl (C=O) groups is 2. The molecule has 2 fully saturated rings. The molecule has 0 radical (unpaired) electrons. The summed E-state index contributed by atoms with van der Waals surface area (Å²) in [6, 6.07) is 10.7. The van der Waals surface area contributed by atoms with E-state index in [4.69, 9.17) is 0 Å². The Morgan fingerprint density at radius 2 is 1.78 bits per heavy atom. The summed E-state index contributed by atoms with van der Waals surface area (Å²) in [5.74, 6) is 1.54. The zero-order chi connectivity index (χ0) is 19.4. The summed E-state index contributed by atoms with van der Waals surface area (Å²) in [7, 11) is 0. The number of rotatable bonds is 5. The van der Waals surface area contributed by atoms with Gasteiger partial charge in [0.2, 0.25) is 11.8 Å². The molecule has 3 rings (SSSR count). The molecule has 0 spiro atoms. The Morgan fingerprint density at radius 1 is 1.11 bits per heavy atom. The molecule has 148 valence electrons. The topological polar surface area (TPSA) is 40.6 Å². The molecule has 0 aliphatic carbocycles. The molecule has 0 bridgehead atoms. The van der Waals surface area contributed by atoms with Gasteiger partial charge >= 0.3 is 0 Å². The third kappa shape index (κ3) is 4.91. The van der Waals surface area contributed by atoms with E-state index in [9.17, 15) is 9.59 Å². The van der Waals surface area contributed by atoms with Gasteiger partial charge in [-0.15, -0.1) is 0 Å². The highest BCUT2D eigenvalue weighted by Gasteiger charge is 2.39. The van der Waals surface area contributed by atoms with Crippen LogP contribution < -0.4 is 0 Å². The van der Waals surface area contributed by atoms with Crippen LogP contribution in [0.25, 0.3) is 0 Å². The van der Waals surface area contributed by atoms with Gasteiger partial charge in [0, 0.05) is 32.1 Å². The normalized spacial score (nSPS) is 24.5. The quantitative estimate of drug-likeness (QED) is 0.792. The Bertz CT molecular complexity index is 635. The van der Waals surface area contributed by atoms with Crippen LogP contribution in [-0.2, 0) is 16.0 Å². The molecular formula is C23H34N2O2. The van der Waals surface area contributed by atoms with E-state index in [0.717, 1.165) is 38.9 Å². The van der Waals surface area contributed by atoms with Crippen molar-refractivity contribution in [3.05, 3.63) is 35.9 Å². The Hall–Kier alpha value is -1.84. The van der Waals surface area contributed by atoms with E-state index in [0.29, 0.717) is 24.7 Å². The maximum Gasteiger partial charge on any atom is 0.227 e. The largest absolute Gasteiger partial charge is 0.342 e. The molecule has 2 heterocycles. The number of piperidine rings is 2. The van der Waals surface area contributed by atoms with E-state index in [1.807, 2.05) is 4.90 Å². The number of carbonyl (C=O) groups excluding carboxylic acids is 2. The van der Waals surface area contributed by atoms with Gasteiger partial charge in [0.05, 0.1) is 5.92 Å². The summed E-state index contributed by atoms with van der Waals surface area (Å²) in [6.07, 6.45) is 4.49. The van der Waals surface area contributed by atoms with Gasteiger partial charge in [0.1, 0.15) is 0 Å². The average molecular weight is 371 g/mol. The van der Waals surface area contributed by atoms with Gasteiger partial charge in [0.15, 0.2) is 0 Å². The van der Waals surface area contributed by atoms with Crippen molar-refractivity contribution in [3.8, 4) is 0 Å². The fourth-order valence-corrected chi connectivity index (χ4v) is 4.64. The summed E-state index contributed by atoms with van der Waals surface area (Å²) in [6.45, 7) is 8.79. The van der Waals surface area contributed by atoms with Crippen LogP contribution in [0.4, 0.5) is 0 Å². The second-order valence-electron chi connectivity index (χ2n) is 8.78. The van der Waals surface area contributed by atoms with Crippen LogP contribution in [0, 0.1) is 17.8 Å². The highest BCUT2D eigenvalue weighted by Crippen LogP contribution is 2.29. The zero-order valence-corrected chi connectivity index (χ0v) is 17.1. The first-order chi connectivity index (χ1) is 13.0. The van der Waals surface area contributed by atoms with E-state index in [2.05, 4.69) is 56.0 Å². The number of benzene rings is 1. The van der Waals surface area contributed by atoms with Gasteiger partial charge < -0.3 is 9.80 Å². The maximum absolute atomic E-state index is 13.2. The molecule has 1 aromatic rings. The third-order valence-corrected chi connectivity index (χ3v) is 6.24. The lowest BCUT2D eigenvalue weighted by molar-refractivity contribution is -0.148. The highest BCUT2D eigenvalue weighted by atomic mass is 16.2. The molecule has 4 nitrogen and oxygen atoms in total. The second kappa shape index (κ2) is 8.90. The minimum atomic E-state index is -0.0351. The first-order valence-electron chi connectivity index (χ1n) is 10.6. The van der Waals surface area contributed by atoms with Crippen molar-refractivity contribution in [1.29, 1.82) is 0 Å². The Kier molecular flexibility index (Phi) is 6.56. The molecule has 2 aliphatic heterocycles.